The van der Waals surface area contributed by atoms with Crippen molar-refractivity contribution < 1.29 is 14.3 Å². The van der Waals surface area contributed by atoms with Crippen molar-refractivity contribution in [1.29, 1.82) is 0 Å². The summed E-state index contributed by atoms with van der Waals surface area (Å²) in [6, 6.07) is 1.70. The number of ether oxygens (including phenoxy) is 1. The fraction of sp³-hybridized carbons (Fsp3) is 0.444. The number of pyridine rings is 1. The van der Waals surface area contributed by atoms with Crippen LogP contribution in [0.3, 0.4) is 0 Å². The van der Waals surface area contributed by atoms with Crippen LogP contribution in [-0.2, 0) is 16.6 Å². The number of hydrogen-bond acceptors (Lipinski definition) is 5. The molecule has 25 heavy (non-hydrogen) atoms. The normalized spacial score (nSPS) is 11.2. The number of rotatable bonds is 6. The molecule has 2 heterocycles. The van der Waals surface area contributed by atoms with Gasteiger partial charge in [-0.2, -0.15) is 5.10 Å². The van der Waals surface area contributed by atoms with Gasteiger partial charge in [0.05, 0.1) is 12.8 Å². The maximum Gasteiger partial charge on any atom is 0.331 e. The van der Waals surface area contributed by atoms with E-state index in [2.05, 4.69) is 15.4 Å². The predicted molar refractivity (Wildman–Crippen MR) is 94.0 cm³/mol. The lowest BCUT2D eigenvalue weighted by atomic mass is 10.0. The van der Waals surface area contributed by atoms with Crippen molar-refractivity contribution in [2.45, 2.75) is 39.7 Å². The van der Waals surface area contributed by atoms with Crippen molar-refractivity contribution in [3.63, 3.8) is 0 Å². The van der Waals surface area contributed by atoms with Gasteiger partial charge in [0.1, 0.15) is 11.2 Å². The molecule has 0 aromatic carbocycles. The molecule has 7 heteroatoms. The second-order valence-corrected chi connectivity index (χ2v) is 6.50. The second kappa shape index (κ2) is 7.46. The Bertz CT molecular complexity index is 780. The van der Waals surface area contributed by atoms with Gasteiger partial charge in [-0.05, 0) is 44.4 Å². The molecule has 0 spiro atoms. The lowest BCUT2D eigenvalue weighted by molar-refractivity contribution is -0.149. The molecule has 0 saturated heterocycles. The second-order valence-electron chi connectivity index (χ2n) is 6.50. The number of amides is 1. The minimum absolute atomic E-state index is 0.237. The SMILES string of the molecule is CCCOC(=O)C(C)(C)NC(=O)c1cc(-c2cnn(C)c2)c(C)cn1. The van der Waals surface area contributed by atoms with E-state index in [0.29, 0.717) is 6.61 Å². The molecule has 0 aliphatic rings. The predicted octanol–water partition coefficient (Wildman–Crippen LogP) is 2.25. The van der Waals surface area contributed by atoms with Gasteiger partial charge in [0.25, 0.3) is 5.91 Å². The van der Waals surface area contributed by atoms with Gasteiger partial charge in [0, 0.05) is 25.0 Å². The van der Waals surface area contributed by atoms with Gasteiger partial charge in [-0.15, -0.1) is 0 Å². The maximum atomic E-state index is 12.5. The summed E-state index contributed by atoms with van der Waals surface area (Å²) in [5.74, 6) is -0.897. The maximum absolute atomic E-state index is 12.5. The first kappa shape index (κ1) is 18.6. The lowest BCUT2D eigenvalue weighted by Crippen LogP contribution is -2.50. The summed E-state index contributed by atoms with van der Waals surface area (Å²) in [5.41, 5.74) is 1.82. The highest BCUT2D eigenvalue weighted by Crippen LogP contribution is 2.23. The topological polar surface area (TPSA) is 86.1 Å². The minimum atomic E-state index is -1.13. The molecular weight excluding hydrogens is 320 g/mol. The third-order valence-corrected chi connectivity index (χ3v) is 3.73. The Hall–Kier alpha value is -2.70. The zero-order valence-electron chi connectivity index (χ0n) is 15.3. The van der Waals surface area contributed by atoms with Crippen molar-refractivity contribution in [2.75, 3.05) is 6.61 Å². The van der Waals surface area contributed by atoms with Gasteiger partial charge in [0.2, 0.25) is 0 Å². The van der Waals surface area contributed by atoms with Crippen LogP contribution in [0.2, 0.25) is 0 Å². The zero-order chi connectivity index (χ0) is 18.6. The summed E-state index contributed by atoms with van der Waals surface area (Å²) < 4.78 is 6.82. The number of carbonyl (C=O) groups excluding carboxylic acids is 2. The molecule has 0 fully saturated rings. The molecule has 134 valence electrons. The number of esters is 1. The van der Waals surface area contributed by atoms with Gasteiger partial charge >= 0.3 is 5.97 Å². The van der Waals surface area contributed by atoms with E-state index in [0.717, 1.165) is 23.1 Å². The Morgan fingerprint density at radius 3 is 2.64 bits per heavy atom. The molecule has 2 rings (SSSR count). The monoisotopic (exact) mass is 344 g/mol. The van der Waals surface area contributed by atoms with E-state index in [-0.39, 0.29) is 5.69 Å². The van der Waals surface area contributed by atoms with Crippen molar-refractivity contribution in [3.8, 4) is 11.1 Å². The van der Waals surface area contributed by atoms with Crippen molar-refractivity contribution in [1.82, 2.24) is 20.1 Å². The smallest absolute Gasteiger partial charge is 0.331 e. The molecular formula is C18H24N4O3. The first-order chi connectivity index (χ1) is 11.7. The number of hydrogen-bond donors (Lipinski definition) is 1. The molecule has 0 saturated carbocycles. The minimum Gasteiger partial charge on any atom is -0.464 e. The van der Waals surface area contributed by atoms with Gasteiger partial charge in [-0.1, -0.05) is 6.92 Å². The van der Waals surface area contributed by atoms with Crippen LogP contribution in [0, 0.1) is 6.92 Å². The van der Waals surface area contributed by atoms with Crippen molar-refractivity contribution in [2.24, 2.45) is 7.05 Å². The Morgan fingerprint density at radius 2 is 2.04 bits per heavy atom. The third kappa shape index (κ3) is 4.43. The molecule has 2 aromatic heterocycles. The molecule has 0 aliphatic carbocycles. The number of nitrogens with zero attached hydrogens (tertiary/aromatic N) is 3. The molecule has 0 aliphatic heterocycles. The van der Waals surface area contributed by atoms with E-state index in [1.165, 1.54) is 0 Å². The molecule has 1 amide bonds. The fourth-order valence-electron chi connectivity index (χ4n) is 2.29. The first-order valence-corrected chi connectivity index (χ1v) is 8.20. The summed E-state index contributed by atoms with van der Waals surface area (Å²) in [6.07, 6.45) is 5.97. The van der Waals surface area contributed by atoms with E-state index >= 15 is 0 Å². The quantitative estimate of drug-likeness (QED) is 0.812. The highest BCUT2D eigenvalue weighted by Gasteiger charge is 2.32. The van der Waals surface area contributed by atoms with Gasteiger partial charge in [-0.3, -0.25) is 14.5 Å². The van der Waals surface area contributed by atoms with Crippen molar-refractivity contribution in [3.05, 3.63) is 35.9 Å². The van der Waals surface area contributed by atoms with Crippen LogP contribution >= 0.6 is 0 Å². The van der Waals surface area contributed by atoms with Gasteiger partial charge in [0.15, 0.2) is 0 Å². The standard InChI is InChI=1S/C18H24N4O3/c1-6-7-25-17(24)18(3,4)21-16(23)15-8-14(12(2)9-19-15)13-10-20-22(5)11-13/h8-11H,6-7H2,1-5H3,(H,21,23). The van der Waals surface area contributed by atoms with Gasteiger partial charge in [-0.25, -0.2) is 4.79 Å². The molecule has 2 aromatic rings. The molecule has 7 nitrogen and oxygen atoms in total. The molecule has 0 bridgehead atoms. The fourth-order valence-corrected chi connectivity index (χ4v) is 2.29. The van der Waals surface area contributed by atoms with Crippen LogP contribution in [0.4, 0.5) is 0 Å². The lowest BCUT2D eigenvalue weighted by Gasteiger charge is -2.24. The first-order valence-electron chi connectivity index (χ1n) is 8.20. The number of aryl methyl sites for hydroxylation is 2. The number of carbonyl (C=O) groups is 2. The van der Waals surface area contributed by atoms with Crippen LogP contribution in [0.1, 0.15) is 43.2 Å². The van der Waals surface area contributed by atoms with Crippen LogP contribution in [-0.4, -0.2) is 38.8 Å². The van der Waals surface area contributed by atoms with Gasteiger partial charge < -0.3 is 10.1 Å². The summed E-state index contributed by atoms with van der Waals surface area (Å²) in [6.45, 7) is 7.38. The number of aromatic nitrogens is 3. The average molecular weight is 344 g/mol. The highest BCUT2D eigenvalue weighted by molar-refractivity contribution is 5.97. The largest absolute Gasteiger partial charge is 0.464 e. The average Bonchev–Trinajstić information content (AvgIpc) is 2.98. The Balaban J connectivity index is 2.21. The van der Waals surface area contributed by atoms with E-state index in [1.54, 1.807) is 37.0 Å². The summed E-state index contributed by atoms with van der Waals surface area (Å²) in [7, 11) is 1.83. The molecule has 1 N–H and O–H groups in total. The van der Waals surface area contributed by atoms with Crippen LogP contribution in [0.15, 0.2) is 24.7 Å². The Labute approximate surface area is 147 Å². The molecule has 0 atom stereocenters. The van der Waals surface area contributed by atoms with Crippen molar-refractivity contribution >= 4 is 11.9 Å². The molecule has 0 unspecified atom stereocenters. The summed E-state index contributed by atoms with van der Waals surface area (Å²) in [5, 5.41) is 6.84. The summed E-state index contributed by atoms with van der Waals surface area (Å²) in [4.78, 5) is 28.8. The summed E-state index contributed by atoms with van der Waals surface area (Å²) >= 11 is 0. The van der Waals surface area contributed by atoms with Crippen LogP contribution in [0.25, 0.3) is 11.1 Å². The highest BCUT2D eigenvalue weighted by atomic mass is 16.5. The van der Waals surface area contributed by atoms with Crippen LogP contribution in [0.5, 0.6) is 0 Å². The molecule has 0 radical (unpaired) electrons. The third-order valence-electron chi connectivity index (χ3n) is 3.73. The van der Waals surface area contributed by atoms with E-state index in [1.807, 2.05) is 27.1 Å². The van der Waals surface area contributed by atoms with Crippen LogP contribution < -0.4 is 5.32 Å². The number of nitrogens with one attached hydrogen (secondary N) is 1. The Morgan fingerprint density at radius 1 is 1.32 bits per heavy atom. The van der Waals surface area contributed by atoms with E-state index < -0.39 is 17.4 Å². The van der Waals surface area contributed by atoms with E-state index in [9.17, 15) is 9.59 Å². The Kier molecular flexibility index (Phi) is 5.56. The zero-order valence-corrected chi connectivity index (χ0v) is 15.3. The van der Waals surface area contributed by atoms with E-state index in [4.69, 9.17) is 4.74 Å².